The highest BCUT2D eigenvalue weighted by Crippen LogP contribution is 2.31. The minimum absolute atomic E-state index is 0.400. The molecule has 0 radical (unpaired) electrons. The molecule has 1 aromatic rings. The number of halogens is 3. The quantitative estimate of drug-likeness (QED) is 0.826. The molecule has 1 aliphatic heterocycles. The Bertz CT molecular complexity index is 326. The highest BCUT2D eigenvalue weighted by Gasteiger charge is 2.34. The monoisotopic (exact) mass is 219 g/mol. The Kier molecular flexibility index (Phi) is 2.73. The van der Waals surface area contributed by atoms with Gasteiger partial charge in [-0.2, -0.15) is 13.2 Å². The molecular weight excluding hydrogens is 207 g/mol. The topological polar surface area (TPSA) is 25.2 Å². The van der Waals surface area contributed by atoms with Gasteiger partial charge in [0.25, 0.3) is 0 Å². The van der Waals surface area contributed by atoms with Gasteiger partial charge in [-0.05, 0) is 37.6 Å². The average molecular weight is 219 g/mol. The molecule has 0 aromatic carbocycles. The van der Waals surface area contributed by atoms with Crippen molar-refractivity contribution in [2.45, 2.75) is 19.0 Å². The first kappa shape index (κ1) is 10.5. The van der Waals surface area contributed by atoms with Crippen molar-refractivity contribution in [1.82, 2.24) is 5.32 Å². The maximum absolute atomic E-state index is 12.2. The molecule has 2 rings (SSSR count). The Labute approximate surface area is 85.5 Å². The summed E-state index contributed by atoms with van der Waals surface area (Å²) < 4.78 is 41.4. The third-order valence-corrected chi connectivity index (χ3v) is 2.59. The van der Waals surface area contributed by atoms with Crippen LogP contribution in [0.4, 0.5) is 13.2 Å². The molecule has 15 heavy (non-hydrogen) atoms. The second-order valence-corrected chi connectivity index (χ2v) is 3.83. The van der Waals surface area contributed by atoms with Crippen LogP contribution in [0.5, 0.6) is 0 Å². The van der Waals surface area contributed by atoms with Gasteiger partial charge in [-0.1, -0.05) is 0 Å². The summed E-state index contributed by atoms with van der Waals surface area (Å²) in [5.41, 5.74) is 0. The number of alkyl halides is 3. The fourth-order valence-corrected chi connectivity index (χ4v) is 1.81. The lowest BCUT2D eigenvalue weighted by atomic mass is 10.0. The first-order chi connectivity index (χ1) is 7.05. The zero-order chi connectivity index (χ0) is 10.9. The second-order valence-electron chi connectivity index (χ2n) is 3.83. The normalized spacial score (nSPS) is 22.2. The van der Waals surface area contributed by atoms with Crippen molar-refractivity contribution in [3.05, 3.63) is 23.7 Å². The molecular formula is C10H12F3NO. The molecule has 2 nitrogen and oxygen atoms in total. The van der Waals surface area contributed by atoms with Crippen molar-refractivity contribution >= 4 is 0 Å². The van der Waals surface area contributed by atoms with Crippen LogP contribution in [-0.4, -0.2) is 13.1 Å². The fourth-order valence-electron chi connectivity index (χ4n) is 1.81. The first-order valence-electron chi connectivity index (χ1n) is 4.92. The van der Waals surface area contributed by atoms with Gasteiger partial charge in [0, 0.05) is 6.42 Å². The van der Waals surface area contributed by atoms with E-state index in [1.54, 1.807) is 0 Å². The van der Waals surface area contributed by atoms with Gasteiger partial charge in [-0.25, -0.2) is 0 Å². The molecule has 1 saturated heterocycles. The van der Waals surface area contributed by atoms with E-state index in [9.17, 15) is 13.2 Å². The minimum atomic E-state index is -4.37. The van der Waals surface area contributed by atoms with Crippen LogP contribution < -0.4 is 5.32 Å². The van der Waals surface area contributed by atoms with Crippen LogP contribution in [0.15, 0.2) is 16.5 Å². The molecule has 1 fully saturated rings. The number of hydrogen-bond acceptors (Lipinski definition) is 2. The summed E-state index contributed by atoms with van der Waals surface area (Å²) in [5.74, 6) is -0.0725. The molecule has 1 atom stereocenters. The van der Waals surface area contributed by atoms with E-state index in [-0.39, 0.29) is 0 Å². The van der Waals surface area contributed by atoms with Gasteiger partial charge in [0.1, 0.15) is 5.76 Å². The Morgan fingerprint density at radius 1 is 1.40 bits per heavy atom. The predicted octanol–water partition coefficient (Wildman–Crippen LogP) is 2.45. The van der Waals surface area contributed by atoms with Crippen molar-refractivity contribution in [1.29, 1.82) is 0 Å². The van der Waals surface area contributed by atoms with Crippen molar-refractivity contribution < 1.29 is 17.6 Å². The van der Waals surface area contributed by atoms with Crippen molar-refractivity contribution in [3.63, 3.8) is 0 Å². The number of nitrogens with one attached hydrogen (secondary N) is 1. The van der Waals surface area contributed by atoms with Gasteiger partial charge < -0.3 is 9.73 Å². The van der Waals surface area contributed by atoms with Crippen LogP contribution in [0.2, 0.25) is 0 Å². The van der Waals surface area contributed by atoms with Gasteiger partial charge in [0.2, 0.25) is 5.76 Å². The lowest BCUT2D eigenvalue weighted by Crippen LogP contribution is -2.10. The molecule has 0 bridgehead atoms. The van der Waals surface area contributed by atoms with E-state index in [0.717, 1.165) is 25.6 Å². The molecule has 1 unspecified atom stereocenters. The SMILES string of the molecule is FC(F)(F)c1ccc(CC2CCNC2)o1. The summed E-state index contributed by atoms with van der Waals surface area (Å²) in [7, 11) is 0. The molecule has 1 aliphatic rings. The summed E-state index contributed by atoms with van der Waals surface area (Å²) in [6, 6.07) is 2.42. The number of rotatable bonds is 2. The zero-order valence-corrected chi connectivity index (χ0v) is 8.10. The molecule has 0 saturated carbocycles. The van der Waals surface area contributed by atoms with E-state index in [4.69, 9.17) is 4.42 Å². The number of hydrogen-bond donors (Lipinski definition) is 1. The third kappa shape index (κ3) is 2.53. The van der Waals surface area contributed by atoms with Crippen LogP contribution in [0.25, 0.3) is 0 Å². The summed E-state index contributed by atoms with van der Waals surface area (Å²) in [6.07, 6.45) is -2.78. The van der Waals surface area contributed by atoms with Gasteiger partial charge in [0.05, 0.1) is 0 Å². The van der Waals surface area contributed by atoms with Crippen LogP contribution in [0.3, 0.4) is 0 Å². The largest absolute Gasteiger partial charge is 0.457 e. The van der Waals surface area contributed by atoms with Crippen LogP contribution >= 0.6 is 0 Å². The van der Waals surface area contributed by atoms with E-state index >= 15 is 0 Å². The summed E-state index contributed by atoms with van der Waals surface area (Å²) >= 11 is 0. The van der Waals surface area contributed by atoms with Crippen molar-refractivity contribution in [3.8, 4) is 0 Å². The zero-order valence-electron chi connectivity index (χ0n) is 8.10. The standard InChI is InChI=1S/C10H12F3NO/c11-10(12,13)9-2-1-8(15-9)5-7-3-4-14-6-7/h1-2,7,14H,3-6H2. The summed E-state index contributed by atoms with van der Waals surface area (Å²) in [6.45, 7) is 1.81. The lowest BCUT2D eigenvalue weighted by Gasteiger charge is -2.05. The highest BCUT2D eigenvalue weighted by molar-refractivity contribution is 5.10. The van der Waals surface area contributed by atoms with E-state index < -0.39 is 11.9 Å². The Morgan fingerprint density at radius 3 is 2.73 bits per heavy atom. The Morgan fingerprint density at radius 2 is 2.20 bits per heavy atom. The van der Waals surface area contributed by atoms with Crippen LogP contribution in [0.1, 0.15) is 17.9 Å². The molecule has 0 amide bonds. The third-order valence-electron chi connectivity index (χ3n) is 2.59. The summed E-state index contributed by atoms with van der Waals surface area (Å²) in [5, 5.41) is 3.17. The average Bonchev–Trinajstić information content (AvgIpc) is 2.73. The predicted molar refractivity (Wildman–Crippen MR) is 48.4 cm³/mol. The summed E-state index contributed by atoms with van der Waals surface area (Å²) in [4.78, 5) is 0. The van der Waals surface area contributed by atoms with Gasteiger partial charge >= 0.3 is 6.18 Å². The van der Waals surface area contributed by atoms with E-state index in [1.165, 1.54) is 6.07 Å². The second kappa shape index (κ2) is 3.89. The molecule has 1 aromatic heterocycles. The molecule has 0 spiro atoms. The maximum Gasteiger partial charge on any atom is 0.449 e. The number of furan rings is 1. The molecule has 5 heteroatoms. The Balaban J connectivity index is 2.00. The molecule has 84 valence electrons. The van der Waals surface area contributed by atoms with Crippen molar-refractivity contribution in [2.75, 3.05) is 13.1 Å². The lowest BCUT2D eigenvalue weighted by molar-refractivity contribution is -0.153. The smallest absolute Gasteiger partial charge is 0.449 e. The van der Waals surface area contributed by atoms with E-state index in [1.807, 2.05) is 0 Å². The van der Waals surface area contributed by atoms with Gasteiger partial charge in [0.15, 0.2) is 0 Å². The van der Waals surface area contributed by atoms with Crippen LogP contribution in [-0.2, 0) is 12.6 Å². The van der Waals surface area contributed by atoms with Crippen molar-refractivity contribution in [2.24, 2.45) is 5.92 Å². The van der Waals surface area contributed by atoms with E-state index in [0.29, 0.717) is 18.1 Å². The van der Waals surface area contributed by atoms with E-state index in [2.05, 4.69) is 5.32 Å². The fraction of sp³-hybridized carbons (Fsp3) is 0.600. The molecule has 2 heterocycles. The van der Waals surface area contributed by atoms with Crippen LogP contribution in [0, 0.1) is 5.92 Å². The van der Waals surface area contributed by atoms with Gasteiger partial charge in [-0.3, -0.25) is 0 Å². The molecule has 1 N–H and O–H groups in total. The maximum atomic E-state index is 12.2. The first-order valence-corrected chi connectivity index (χ1v) is 4.92. The Hall–Kier alpha value is -0.970. The minimum Gasteiger partial charge on any atom is -0.457 e. The van der Waals surface area contributed by atoms with Gasteiger partial charge in [-0.15, -0.1) is 0 Å². The molecule has 0 aliphatic carbocycles. The highest BCUT2D eigenvalue weighted by atomic mass is 19.4.